The summed E-state index contributed by atoms with van der Waals surface area (Å²) in [7, 11) is 0. The topological polar surface area (TPSA) is 37.4 Å². The molecule has 2 heterocycles. The average molecular weight is 267 g/mol. The highest BCUT2D eigenvalue weighted by Gasteiger charge is 2.36. The maximum Gasteiger partial charge on any atom is 0.293 e. The van der Waals surface area contributed by atoms with Crippen molar-refractivity contribution in [2.75, 3.05) is 0 Å². The molecule has 1 aromatic rings. The Bertz CT molecular complexity index is 502. The Morgan fingerprint density at radius 3 is 2.53 bits per heavy atom. The summed E-state index contributed by atoms with van der Waals surface area (Å²) in [6.07, 6.45) is 1.81. The van der Waals surface area contributed by atoms with Crippen molar-refractivity contribution in [1.82, 2.24) is 4.90 Å². The number of hydrogen-bond donors (Lipinski definition) is 0. The van der Waals surface area contributed by atoms with Gasteiger partial charge in [0.15, 0.2) is 0 Å². The summed E-state index contributed by atoms with van der Waals surface area (Å²) in [6, 6.07) is 1.92. The molecule has 2 rings (SSSR count). The van der Waals surface area contributed by atoms with Gasteiger partial charge in [0.05, 0.1) is 4.91 Å². The Hall–Kier alpha value is -1.07. The molecule has 0 spiro atoms. The van der Waals surface area contributed by atoms with Gasteiger partial charge in [-0.3, -0.25) is 14.5 Å². The van der Waals surface area contributed by atoms with Crippen LogP contribution in [0.5, 0.6) is 0 Å². The fourth-order valence-electron chi connectivity index (χ4n) is 1.58. The number of thiophene rings is 1. The second kappa shape index (κ2) is 4.66. The first kappa shape index (κ1) is 12.4. The van der Waals surface area contributed by atoms with Crippen LogP contribution in [-0.4, -0.2) is 22.1 Å². The quantitative estimate of drug-likeness (QED) is 0.770. The van der Waals surface area contributed by atoms with Crippen LogP contribution in [0.2, 0.25) is 0 Å². The van der Waals surface area contributed by atoms with Gasteiger partial charge in [0.25, 0.3) is 11.1 Å². The van der Waals surface area contributed by atoms with E-state index in [0.717, 1.165) is 22.2 Å². The second-order valence-corrected chi connectivity index (χ2v) is 6.05. The summed E-state index contributed by atoms with van der Waals surface area (Å²) in [5.74, 6) is -0.178. The van der Waals surface area contributed by atoms with E-state index in [0.29, 0.717) is 4.91 Å². The molecule has 2 amide bonds. The van der Waals surface area contributed by atoms with Crippen LogP contribution >= 0.6 is 23.1 Å². The third-order valence-electron chi connectivity index (χ3n) is 2.50. The van der Waals surface area contributed by atoms with Crippen molar-refractivity contribution < 1.29 is 9.59 Å². The number of amides is 2. The van der Waals surface area contributed by atoms with Crippen molar-refractivity contribution in [1.29, 1.82) is 0 Å². The van der Waals surface area contributed by atoms with E-state index in [1.807, 2.05) is 38.3 Å². The van der Waals surface area contributed by atoms with Crippen molar-refractivity contribution in [3.05, 3.63) is 26.8 Å². The molecule has 0 aliphatic carbocycles. The van der Waals surface area contributed by atoms with Crippen LogP contribution in [0.4, 0.5) is 4.79 Å². The lowest BCUT2D eigenvalue weighted by Crippen LogP contribution is -2.34. The zero-order chi connectivity index (χ0) is 12.6. The molecule has 1 saturated heterocycles. The van der Waals surface area contributed by atoms with E-state index in [4.69, 9.17) is 0 Å². The lowest BCUT2D eigenvalue weighted by molar-refractivity contribution is -0.123. The molecule has 0 saturated carbocycles. The van der Waals surface area contributed by atoms with E-state index < -0.39 is 0 Å². The Kier molecular flexibility index (Phi) is 3.40. The van der Waals surface area contributed by atoms with Crippen molar-refractivity contribution in [2.24, 2.45) is 0 Å². The van der Waals surface area contributed by atoms with Crippen molar-refractivity contribution in [3.8, 4) is 0 Å². The predicted molar refractivity (Wildman–Crippen MR) is 72.0 cm³/mol. The minimum Gasteiger partial charge on any atom is -0.268 e. The highest BCUT2D eigenvalue weighted by molar-refractivity contribution is 8.18. The third-order valence-corrected chi connectivity index (χ3v) is 4.35. The average Bonchev–Trinajstić information content (AvgIpc) is 2.73. The summed E-state index contributed by atoms with van der Waals surface area (Å²) in [6.45, 7) is 5.68. The molecule has 0 aromatic carbocycles. The van der Waals surface area contributed by atoms with E-state index in [9.17, 15) is 9.59 Å². The number of imide groups is 1. The molecule has 3 nitrogen and oxygen atoms in total. The van der Waals surface area contributed by atoms with Crippen LogP contribution < -0.4 is 0 Å². The largest absolute Gasteiger partial charge is 0.293 e. The molecular formula is C12H13NO2S2. The molecular weight excluding hydrogens is 254 g/mol. The van der Waals surface area contributed by atoms with Gasteiger partial charge in [0.2, 0.25) is 0 Å². The highest BCUT2D eigenvalue weighted by Crippen LogP contribution is 2.34. The first-order chi connectivity index (χ1) is 8.00. The summed E-state index contributed by atoms with van der Waals surface area (Å²) >= 11 is 2.60. The zero-order valence-electron chi connectivity index (χ0n) is 9.89. The first-order valence-electron chi connectivity index (χ1n) is 5.32. The number of nitrogens with zero attached hydrogens (tertiary/aromatic N) is 1. The van der Waals surface area contributed by atoms with E-state index in [1.54, 1.807) is 11.3 Å². The van der Waals surface area contributed by atoms with Crippen LogP contribution in [0.1, 0.15) is 24.3 Å². The standard InChI is InChI=1S/C12H13NO2S2/c1-7(2)13-11(14)10(17-12(13)15)6-9-8(3)4-5-16-9/h4-7H,1-3H3. The molecule has 1 aromatic heterocycles. The van der Waals surface area contributed by atoms with Crippen LogP contribution in [-0.2, 0) is 4.79 Å². The van der Waals surface area contributed by atoms with Gasteiger partial charge >= 0.3 is 0 Å². The molecule has 0 radical (unpaired) electrons. The van der Waals surface area contributed by atoms with Crippen molar-refractivity contribution >= 4 is 40.3 Å². The number of thioether (sulfide) groups is 1. The van der Waals surface area contributed by atoms with Crippen LogP contribution in [0.3, 0.4) is 0 Å². The number of rotatable bonds is 2. The maximum atomic E-state index is 12.0. The lowest BCUT2D eigenvalue weighted by atomic mass is 10.2. The number of aryl methyl sites for hydroxylation is 1. The summed E-state index contributed by atoms with van der Waals surface area (Å²) in [5.41, 5.74) is 1.13. The van der Waals surface area contributed by atoms with Gasteiger partial charge in [0, 0.05) is 10.9 Å². The SMILES string of the molecule is Cc1ccsc1C=C1SC(=O)N(C(C)C)C1=O. The van der Waals surface area contributed by atoms with Crippen LogP contribution in [0.15, 0.2) is 16.4 Å². The Labute approximate surface area is 109 Å². The number of carbonyl (C=O) groups excluding carboxylic acids is 2. The third kappa shape index (κ3) is 2.30. The smallest absolute Gasteiger partial charge is 0.268 e. The first-order valence-corrected chi connectivity index (χ1v) is 7.01. The minimum absolute atomic E-state index is 0.0853. The van der Waals surface area contributed by atoms with E-state index in [-0.39, 0.29) is 17.2 Å². The van der Waals surface area contributed by atoms with Gasteiger partial charge in [-0.15, -0.1) is 11.3 Å². The van der Waals surface area contributed by atoms with Gasteiger partial charge in [-0.05, 0) is 55.6 Å². The maximum absolute atomic E-state index is 12.0. The van der Waals surface area contributed by atoms with Gasteiger partial charge in [-0.2, -0.15) is 0 Å². The van der Waals surface area contributed by atoms with Crippen LogP contribution in [0, 0.1) is 6.92 Å². The molecule has 0 unspecified atom stereocenters. The van der Waals surface area contributed by atoms with Crippen molar-refractivity contribution in [2.45, 2.75) is 26.8 Å². The normalized spacial score (nSPS) is 18.8. The van der Waals surface area contributed by atoms with E-state index in [2.05, 4.69) is 0 Å². The molecule has 90 valence electrons. The molecule has 1 fully saturated rings. The minimum atomic E-state index is -0.178. The monoisotopic (exact) mass is 267 g/mol. The molecule has 0 N–H and O–H groups in total. The predicted octanol–water partition coefficient (Wildman–Crippen LogP) is 3.50. The second-order valence-electron chi connectivity index (χ2n) is 4.11. The van der Waals surface area contributed by atoms with E-state index in [1.165, 1.54) is 4.90 Å². The highest BCUT2D eigenvalue weighted by atomic mass is 32.2. The molecule has 0 bridgehead atoms. The Balaban J connectivity index is 2.31. The summed E-state index contributed by atoms with van der Waals surface area (Å²) in [4.78, 5) is 26.6. The zero-order valence-corrected chi connectivity index (χ0v) is 11.5. The molecule has 0 atom stereocenters. The van der Waals surface area contributed by atoms with Crippen LogP contribution in [0.25, 0.3) is 6.08 Å². The van der Waals surface area contributed by atoms with Gasteiger partial charge < -0.3 is 0 Å². The Morgan fingerprint density at radius 1 is 1.35 bits per heavy atom. The summed E-state index contributed by atoms with van der Waals surface area (Å²) in [5, 5.41) is 1.80. The van der Waals surface area contributed by atoms with Gasteiger partial charge in [0.1, 0.15) is 0 Å². The fraction of sp³-hybridized carbons (Fsp3) is 0.333. The van der Waals surface area contributed by atoms with E-state index >= 15 is 0 Å². The molecule has 1 aliphatic rings. The van der Waals surface area contributed by atoms with Gasteiger partial charge in [-0.25, -0.2) is 0 Å². The fourth-order valence-corrected chi connectivity index (χ4v) is 3.45. The molecule has 17 heavy (non-hydrogen) atoms. The van der Waals surface area contributed by atoms with Gasteiger partial charge in [-0.1, -0.05) is 0 Å². The lowest BCUT2D eigenvalue weighted by Gasteiger charge is -2.16. The number of hydrogen-bond acceptors (Lipinski definition) is 4. The summed E-state index contributed by atoms with van der Waals surface area (Å²) < 4.78 is 0. The molecule has 1 aliphatic heterocycles. The number of carbonyl (C=O) groups is 2. The Morgan fingerprint density at radius 2 is 2.06 bits per heavy atom. The van der Waals surface area contributed by atoms with Crippen molar-refractivity contribution in [3.63, 3.8) is 0 Å². The molecule has 5 heteroatoms.